The molecule has 0 aliphatic heterocycles. The van der Waals surface area contributed by atoms with Gasteiger partial charge in [0.1, 0.15) is 12.4 Å². The molecule has 0 fully saturated rings. The average molecular weight is 430 g/mol. The molecule has 0 spiro atoms. The van der Waals surface area contributed by atoms with Crippen LogP contribution in [0.2, 0.25) is 10.0 Å². The van der Waals surface area contributed by atoms with Gasteiger partial charge < -0.3 is 10.1 Å². The normalized spacial score (nSPS) is 11.1. The fourth-order valence-electron chi connectivity index (χ4n) is 3.49. The van der Waals surface area contributed by atoms with Crippen molar-refractivity contribution in [1.29, 1.82) is 0 Å². The summed E-state index contributed by atoms with van der Waals surface area (Å²) in [5.74, 6) is 0.910. The van der Waals surface area contributed by atoms with Crippen molar-refractivity contribution in [2.24, 2.45) is 0 Å². The van der Waals surface area contributed by atoms with E-state index in [4.69, 9.17) is 27.9 Å². The zero-order valence-electron chi connectivity index (χ0n) is 17.0. The van der Waals surface area contributed by atoms with E-state index in [1.54, 1.807) is 0 Å². The highest BCUT2D eigenvalue weighted by Crippen LogP contribution is 2.29. The number of unbranched alkanes of at least 4 members (excludes halogenated alkanes) is 4. The van der Waals surface area contributed by atoms with Crippen molar-refractivity contribution in [1.82, 2.24) is 5.32 Å². The van der Waals surface area contributed by atoms with Crippen molar-refractivity contribution in [2.45, 2.75) is 52.2 Å². The van der Waals surface area contributed by atoms with Crippen LogP contribution < -0.4 is 10.1 Å². The second-order valence-electron chi connectivity index (χ2n) is 7.39. The Bertz CT molecular complexity index is 926. The van der Waals surface area contributed by atoms with Gasteiger partial charge in [-0.15, -0.1) is 0 Å². The number of ether oxygens (including phenoxy) is 1. The molecule has 0 aliphatic carbocycles. The van der Waals surface area contributed by atoms with Gasteiger partial charge in [0, 0.05) is 12.1 Å². The zero-order chi connectivity index (χ0) is 20.5. The Labute approximate surface area is 184 Å². The Kier molecular flexibility index (Phi) is 8.67. The van der Waals surface area contributed by atoms with E-state index in [-0.39, 0.29) is 0 Å². The van der Waals surface area contributed by atoms with Crippen LogP contribution in [-0.2, 0) is 13.2 Å². The predicted octanol–water partition coefficient (Wildman–Crippen LogP) is 7.79. The van der Waals surface area contributed by atoms with Crippen LogP contribution in [0.15, 0.2) is 54.6 Å². The van der Waals surface area contributed by atoms with Crippen molar-refractivity contribution >= 4 is 34.0 Å². The minimum atomic E-state index is 0.458. The van der Waals surface area contributed by atoms with Gasteiger partial charge >= 0.3 is 0 Å². The maximum Gasteiger partial charge on any atom is 0.124 e. The number of hydrogen-bond donors (Lipinski definition) is 1. The maximum atomic E-state index is 6.19. The summed E-state index contributed by atoms with van der Waals surface area (Å²) in [5, 5.41) is 7.18. The molecule has 0 unspecified atom stereocenters. The van der Waals surface area contributed by atoms with E-state index < -0.39 is 0 Å². The third kappa shape index (κ3) is 6.37. The quantitative estimate of drug-likeness (QED) is 0.314. The first-order valence-corrected chi connectivity index (χ1v) is 11.2. The van der Waals surface area contributed by atoms with E-state index >= 15 is 0 Å². The third-order valence-corrected chi connectivity index (χ3v) is 5.87. The number of hydrogen-bond acceptors (Lipinski definition) is 2. The second-order valence-corrected chi connectivity index (χ2v) is 8.21. The molecular weight excluding hydrogens is 401 g/mol. The van der Waals surface area contributed by atoms with Crippen molar-refractivity contribution in [3.05, 3.63) is 75.8 Å². The molecule has 4 heteroatoms. The Balaban J connectivity index is 1.68. The van der Waals surface area contributed by atoms with Gasteiger partial charge in [0.2, 0.25) is 0 Å². The molecule has 154 valence electrons. The molecule has 3 rings (SSSR count). The van der Waals surface area contributed by atoms with Crippen LogP contribution in [0.1, 0.15) is 50.2 Å². The molecule has 0 aromatic heterocycles. The Morgan fingerprint density at radius 1 is 0.862 bits per heavy atom. The molecule has 3 aromatic rings. The molecule has 2 nitrogen and oxygen atoms in total. The lowest BCUT2D eigenvalue weighted by atomic mass is 10.0. The SMILES string of the molecule is CCCCCCCNCc1c(OCc2ccc(Cl)c(Cl)c2)ccc2ccccc12. The lowest BCUT2D eigenvalue weighted by molar-refractivity contribution is 0.302. The lowest BCUT2D eigenvalue weighted by Crippen LogP contribution is -2.16. The van der Waals surface area contributed by atoms with Gasteiger partial charge in [0.05, 0.1) is 10.0 Å². The predicted molar refractivity (Wildman–Crippen MR) is 125 cm³/mol. The van der Waals surface area contributed by atoms with Crippen molar-refractivity contribution in [3.63, 3.8) is 0 Å². The average Bonchev–Trinajstić information content (AvgIpc) is 2.74. The molecule has 29 heavy (non-hydrogen) atoms. The van der Waals surface area contributed by atoms with E-state index in [9.17, 15) is 0 Å². The van der Waals surface area contributed by atoms with Gasteiger partial charge in [-0.2, -0.15) is 0 Å². The summed E-state index contributed by atoms with van der Waals surface area (Å²) in [4.78, 5) is 0. The van der Waals surface area contributed by atoms with Crippen LogP contribution >= 0.6 is 23.2 Å². The number of halogens is 2. The molecule has 0 atom stereocenters. The monoisotopic (exact) mass is 429 g/mol. The second kappa shape index (κ2) is 11.4. The van der Waals surface area contributed by atoms with Crippen LogP contribution in [0.25, 0.3) is 10.8 Å². The molecular formula is C25H29Cl2NO. The van der Waals surface area contributed by atoms with Crippen molar-refractivity contribution in [2.75, 3.05) is 6.54 Å². The number of nitrogens with one attached hydrogen (secondary N) is 1. The number of rotatable bonds is 11. The van der Waals surface area contributed by atoms with E-state index in [0.717, 1.165) is 24.4 Å². The van der Waals surface area contributed by atoms with Crippen molar-refractivity contribution in [3.8, 4) is 5.75 Å². The fourth-order valence-corrected chi connectivity index (χ4v) is 3.81. The Morgan fingerprint density at radius 2 is 1.69 bits per heavy atom. The smallest absolute Gasteiger partial charge is 0.124 e. The van der Waals surface area contributed by atoms with Gasteiger partial charge in [-0.3, -0.25) is 0 Å². The van der Waals surface area contributed by atoms with E-state index in [2.05, 4.69) is 48.6 Å². The first-order chi connectivity index (χ1) is 14.2. The van der Waals surface area contributed by atoms with Gasteiger partial charge in [-0.1, -0.05) is 92.2 Å². The Hall–Kier alpha value is -1.74. The van der Waals surface area contributed by atoms with Gasteiger partial charge in [0.15, 0.2) is 0 Å². The first-order valence-electron chi connectivity index (χ1n) is 10.5. The lowest BCUT2D eigenvalue weighted by Gasteiger charge is -2.15. The third-order valence-electron chi connectivity index (χ3n) is 5.13. The summed E-state index contributed by atoms with van der Waals surface area (Å²) < 4.78 is 6.19. The molecule has 0 radical (unpaired) electrons. The van der Waals surface area contributed by atoms with Crippen LogP contribution in [0, 0.1) is 0 Å². The van der Waals surface area contributed by atoms with Gasteiger partial charge in [0.25, 0.3) is 0 Å². The number of fused-ring (bicyclic) bond motifs is 1. The van der Waals surface area contributed by atoms with Gasteiger partial charge in [-0.05, 0) is 47.5 Å². The van der Waals surface area contributed by atoms with Crippen LogP contribution in [-0.4, -0.2) is 6.54 Å². The van der Waals surface area contributed by atoms with Crippen LogP contribution in [0.3, 0.4) is 0 Å². The highest BCUT2D eigenvalue weighted by Gasteiger charge is 2.10. The minimum absolute atomic E-state index is 0.458. The largest absolute Gasteiger partial charge is 0.489 e. The Morgan fingerprint density at radius 3 is 2.52 bits per heavy atom. The van der Waals surface area contributed by atoms with Gasteiger partial charge in [-0.25, -0.2) is 0 Å². The van der Waals surface area contributed by atoms with Crippen LogP contribution in [0.4, 0.5) is 0 Å². The number of benzene rings is 3. The van der Waals surface area contributed by atoms with E-state index in [1.165, 1.54) is 48.4 Å². The highest BCUT2D eigenvalue weighted by atomic mass is 35.5. The first kappa shape index (κ1) is 22.0. The molecule has 0 saturated heterocycles. The van der Waals surface area contributed by atoms with Crippen LogP contribution in [0.5, 0.6) is 5.75 Å². The van der Waals surface area contributed by atoms with E-state index in [1.807, 2.05) is 18.2 Å². The zero-order valence-corrected chi connectivity index (χ0v) is 18.5. The molecule has 1 N–H and O–H groups in total. The molecule has 0 heterocycles. The fraction of sp³-hybridized carbons (Fsp3) is 0.360. The summed E-state index contributed by atoms with van der Waals surface area (Å²) in [6.45, 7) is 4.53. The van der Waals surface area contributed by atoms with E-state index in [0.29, 0.717) is 16.7 Å². The summed E-state index contributed by atoms with van der Waals surface area (Å²) >= 11 is 12.2. The minimum Gasteiger partial charge on any atom is -0.489 e. The van der Waals surface area contributed by atoms with Crippen molar-refractivity contribution < 1.29 is 4.74 Å². The molecule has 0 aliphatic rings. The molecule has 0 amide bonds. The standard InChI is InChI=1S/C25H29Cl2NO/c1-2-3-4-5-8-15-28-17-22-21-10-7-6-9-20(21)12-14-25(22)29-18-19-11-13-23(26)24(27)16-19/h6-7,9-14,16,28H,2-5,8,15,17-18H2,1H3. The summed E-state index contributed by atoms with van der Waals surface area (Å²) in [7, 11) is 0. The summed E-state index contributed by atoms with van der Waals surface area (Å²) in [6.07, 6.45) is 6.44. The summed E-state index contributed by atoms with van der Waals surface area (Å²) in [5.41, 5.74) is 2.21. The highest BCUT2D eigenvalue weighted by molar-refractivity contribution is 6.42. The maximum absolute atomic E-state index is 6.19. The molecule has 3 aromatic carbocycles. The topological polar surface area (TPSA) is 21.3 Å². The molecule has 0 bridgehead atoms. The molecule has 0 saturated carbocycles. The summed E-state index contributed by atoms with van der Waals surface area (Å²) in [6, 6.07) is 18.3.